The molecule has 0 aromatic carbocycles. The minimum absolute atomic E-state index is 0.00830. The van der Waals surface area contributed by atoms with Gasteiger partial charge in [-0.1, -0.05) is 0 Å². The summed E-state index contributed by atoms with van der Waals surface area (Å²) in [4.78, 5) is 16.1. The number of carbonyl (C=O) groups excluding carboxylic acids is 1. The monoisotopic (exact) mass is 235 g/mol. The van der Waals surface area contributed by atoms with Crippen molar-refractivity contribution in [3.63, 3.8) is 0 Å². The number of hydrogen-bond acceptors (Lipinski definition) is 5. The normalized spacial score (nSPS) is 20.0. The number of amides is 1. The Kier molecular flexibility index (Phi) is 3.63. The van der Waals surface area contributed by atoms with E-state index in [2.05, 4.69) is 25.8 Å². The first-order chi connectivity index (χ1) is 8.16. The van der Waals surface area contributed by atoms with Crippen molar-refractivity contribution in [3.05, 3.63) is 11.4 Å². The van der Waals surface area contributed by atoms with Gasteiger partial charge in [0, 0.05) is 6.54 Å². The highest BCUT2D eigenvalue weighted by Crippen LogP contribution is 2.12. The van der Waals surface area contributed by atoms with E-state index in [1.54, 1.807) is 0 Å². The zero-order valence-electron chi connectivity index (χ0n) is 10.2. The first-order valence-electron chi connectivity index (χ1n) is 5.86. The second-order valence-corrected chi connectivity index (χ2v) is 4.34. The summed E-state index contributed by atoms with van der Waals surface area (Å²) >= 11 is 0. The summed E-state index contributed by atoms with van der Waals surface area (Å²) < 4.78 is 0. The molecule has 92 valence electrons. The first kappa shape index (κ1) is 11.9. The van der Waals surface area contributed by atoms with Gasteiger partial charge in [0.05, 0.1) is 17.3 Å². The number of nitrogens with zero attached hydrogens (tertiary/aromatic N) is 3. The van der Waals surface area contributed by atoms with Gasteiger partial charge in [0.2, 0.25) is 11.9 Å². The van der Waals surface area contributed by atoms with Crippen LogP contribution in [0.1, 0.15) is 24.2 Å². The predicted molar refractivity (Wildman–Crippen MR) is 63.5 cm³/mol. The molecule has 0 bridgehead atoms. The van der Waals surface area contributed by atoms with Crippen molar-refractivity contribution in [2.24, 2.45) is 5.92 Å². The van der Waals surface area contributed by atoms with Crippen LogP contribution in [0.15, 0.2) is 0 Å². The van der Waals surface area contributed by atoms with E-state index in [1.165, 1.54) is 0 Å². The Bertz CT molecular complexity index is 414. The van der Waals surface area contributed by atoms with E-state index in [4.69, 9.17) is 0 Å². The molecule has 1 aliphatic rings. The molecule has 1 aromatic rings. The van der Waals surface area contributed by atoms with Crippen LogP contribution in [0.2, 0.25) is 0 Å². The van der Waals surface area contributed by atoms with Crippen LogP contribution in [0.3, 0.4) is 0 Å². The van der Waals surface area contributed by atoms with Gasteiger partial charge >= 0.3 is 0 Å². The van der Waals surface area contributed by atoms with Gasteiger partial charge in [0.15, 0.2) is 0 Å². The van der Waals surface area contributed by atoms with Crippen LogP contribution in [0.4, 0.5) is 5.95 Å². The summed E-state index contributed by atoms with van der Waals surface area (Å²) in [5.74, 6) is 0.278. The van der Waals surface area contributed by atoms with Crippen molar-refractivity contribution in [1.29, 1.82) is 0 Å². The van der Waals surface area contributed by atoms with Crippen molar-refractivity contribution in [1.82, 2.24) is 20.5 Å². The Hall–Kier alpha value is -1.56. The van der Waals surface area contributed by atoms with Crippen molar-refractivity contribution < 1.29 is 4.79 Å². The summed E-state index contributed by atoms with van der Waals surface area (Å²) in [6, 6.07) is 0. The summed E-state index contributed by atoms with van der Waals surface area (Å²) in [6.07, 6.45) is 1.95. The van der Waals surface area contributed by atoms with E-state index in [0.717, 1.165) is 37.3 Å². The first-order valence-corrected chi connectivity index (χ1v) is 5.86. The SMILES string of the molecule is Cc1nnc(NC(=O)C2CCCNC2)nc1C. The quantitative estimate of drug-likeness (QED) is 0.777. The Morgan fingerprint density at radius 1 is 1.35 bits per heavy atom. The molecule has 1 saturated heterocycles. The average molecular weight is 235 g/mol. The van der Waals surface area contributed by atoms with Crippen LogP contribution in [-0.4, -0.2) is 34.2 Å². The topological polar surface area (TPSA) is 79.8 Å². The van der Waals surface area contributed by atoms with Gasteiger partial charge < -0.3 is 5.32 Å². The van der Waals surface area contributed by atoms with E-state index >= 15 is 0 Å². The highest BCUT2D eigenvalue weighted by Gasteiger charge is 2.21. The minimum Gasteiger partial charge on any atom is -0.316 e. The number of carbonyl (C=O) groups is 1. The molecule has 1 aromatic heterocycles. The molecular formula is C11H17N5O. The zero-order chi connectivity index (χ0) is 12.3. The molecule has 6 nitrogen and oxygen atoms in total. The number of aryl methyl sites for hydroxylation is 2. The van der Waals surface area contributed by atoms with Gasteiger partial charge in [-0.25, -0.2) is 4.98 Å². The van der Waals surface area contributed by atoms with E-state index in [-0.39, 0.29) is 11.8 Å². The van der Waals surface area contributed by atoms with E-state index in [1.807, 2.05) is 13.8 Å². The molecule has 2 rings (SSSR count). The molecule has 1 unspecified atom stereocenters. The largest absolute Gasteiger partial charge is 0.316 e. The Morgan fingerprint density at radius 2 is 2.18 bits per heavy atom. The lowest BCUT2D eigenvalue weighted by atomic mass is 9.99. The lowest BCUT2D eigenvalue weighted by Gasteiger charge is -2.21. The van der Waals surface area contributed by atoms with Crippen molar-refractivity contribution in [3.8, 4) is 0 Å². The fraction of sp³-hybridized carbons (Fsp3) is 0.636. The van der Waals surface area contributed by atoms with Gasteiger partial charge in [-0.2, -0.15) is 5.10 Å². The van der Waals surface area contributed by atoms with Crippen LogP contribution in [0.25, 0.3) is 0 Å². The Morgan fingerprint density at radius 3 is 2.82 bits per heavy atom. The molecular weight excluding hydrogens is 218 g/mol. The standard InChI is InChI=1S/C11H17N5O/c1-7-8(2)15-16-11(13-7)14-10(17)9-4-3-5-12-6-9/h9,12H,3-6H2,1-2H3,(H,13,14,16,17). The highest BCUT2D eigenvalue weighted by atomic mass is 16.2. The molecule has 0 spiro atoms. The third-order valence-electron chi connectivity index (χ3n) is 2.99. The third kappa shape index (κ3) is 2.97. The van der Waals surface area contributed by atoms with Gasteiger partial charge in [0.1, 0.15) is 0 Å². The zero-order valence-corrected chi connectivity index (χ0v) is 10.2. The van der Waals surface area contributed by atoms with E-state index in [9.17, 15) is 4.79 Å². The lowest BCUT2D eigenvalue weighted by Crippen LogP contribution is -2.37. The van der Waals surface area contributed by atoms with Gasteiger partial charge in [0.25, 0.3) is 0 Å². The molecule has 0 aliphatic carbocycles. The Balaban J connectivity index is 1.99. The molecule has 6 heteroatoms. The maximum absolute atomic E-state index is 11.9. The van der Waals surface area contributed by atoms with Gasteiger partial charge in [-0.15, -0.1) is 5.10 Å². The second kappa shape index (κ2) is 5.18. The van der Waals surface area contributed by atoms with Crippen LogP contribution in [-0.2, 0) is 4.79 Å². The van der Waals surface area contributed by atoms with Crippen molar-refractivity contribution in [2.45, 2.75) is 26.7 Å². The molecule has 0 saturated carbocycles. The minimum atomic E-state index is -0.0257. The van der Waals surface area contributed by atoms with E-state index in [0.29, 0.717) is 5.95 Å². The average Bonchev–Trinajstić information content (AvgIpc) is 2.35. The van der Waals surface area contributed by atoms with Crippen molar-refractivity contribution in [2.75, 3.05) is 18.4 Å². The number of hydrogen-bond donors (Lipinski definition) is 2. The number of anilines is 1. The molecule has 2 N–H and O–H groups in total. The smallest absolute Gasteiger partial charge is 0.249 e. The summed E-state index contributed by atoms with van der Waals surface area (Å²) in [6.45, 7) is 5.41. The van der Waals surface area contributed by atoms with Crippen molar-refractivity contribution >= 4 is 11.9 Å². The van der Waals surface area contributed by atoms with Crippen LogP contribution in [0, 0.1) is 19.8 Å². The van der Waals surface area contributed by atoms with Crippen LogP contribution in [0.5, 0.6) is 0 Å². The Labute approximate surface area is 100 Å². The number of aromatic nitrogens is 3. The fourth-order valence-electron chi connectivity index (χ4n) is 1.80. The van der Waals surface area contributed by atoms with Gasteiger partial charge in [-0.3, -0.25) is 10.1 Å². The molecule has 2 heterocycles. The maximum Gasteiger partial charge on any atom is 0.249 e. The summed E-state index contributed by atoms with van der Waals surface area (Å²) in [5.41, 5.74) is 1.57. The highest BCUT2D eigenvalue weighted by molar-refractivity contribution is 5.91. The predicted octanol–water partition coefficient (Wildman–Crippen LogP) is 0.427. The molecule has 1 fully saturated rings. The molecule has 1 amide bonds. The third-order valence-corrected chi connectivity index (χ3v) is 2.99. The number of rotatable bonds is 2. The second-order valence-electron chi connectivity index (χ2n) is 4.34. The number of piperidine rings is 1. The summed E-state index contributed by atoms with van der Waals surface area (Å²) in [5, 5.41) is 13.7. The van der Waals surface area contributed by atoms with E-state index < -0.39 is 0 Å². The summed E-state index contributed by atoms with van der Waals surface area (Å²) in [7, 11) is 0. The van der Waals surface area contributed by atoms with Gasteiger partial charge in [-0.05, 0) is 33.2 Å². The molecule has 1 aliphatic heterocycles. The lowest BCUT2D eigenvalue weighted by molar-refractivity contribution is -0.120. The maximum atomic E-state index is 11.9. The molecule has 0 radical (unpaired) electrons. The molecule has 1 atom stereocenters. The fourth-order valence-corrected chi connectivity index (χ4v) is 1.80. The number of nitrogens with one attached hydrogen (secondary N) is 2. The van der Waals surface area contributed by atoms with Crippen LogP contribution < -0.4 is 10.6 Å². The van der Waals surface area contributed by atoms with Crippen LogP contribution >= 0.6 is 0 Å². The molecule has 17 heavy (non-hydrogen) atoms.